The highest BCUT2D eigenvalue weighted by atomic mass is 32.2. The van der Waals surface area contributed by atoms with Gasteiger partial charge in [0.1, 0.15) is 6.54 Å². The highest BCUT2D eigenvalue weighted by molar-refractivity contribution is 7.99. The summed E-state index contributed by atoms with van der Waals surface area (Å²) in [5.41, 5.74) is 1.14. The SMILES string of the molecule is O=C(Cn1c(=O)oc2ccccc21)NCCSC1CCOCC1. The average molecular weight is 336 g/mol. The van der Waals surface area contributed by atoms with Gasteiger partial charge in [0.05, 0.1) is 5.52 Å². The Kier molecular flexibility index (Phi) is 5.40. The first-order valence-electron chi connectivity index (χ1n) is 7.78. The lowest BCUT2D eigenvalue weighted by Gasteiger charge is -2.21. The molecule has 23 heavy (non-hydrogen) atoms. The molecule has 0 unspecified atom stereocenters. The Hall–Kier alpha value is -1.73. The molecule has 1 amide bonds. The molecule has 6 nitrogen and oxygen atoms in total. The molecular weight excluding hydrogens is 316 g/mol. The summed E-state index contributed by atoms with van der Waals surface area (Å²) in [6, 6.07) is 7.10. The summed E-state index contributed by atoms with van der Waals surface area (Å²) < 4.78 is 11.8. The number of hydrogen-bond acceptors (Lipinski definition) is 5. The summed E-state index contributed by atoms with van der Waals surface area (Å²) >= 11 is 1.87. The molecule has 3 rings (SSSR count). The average Bonchev–Trinajstić information content (AvgIpc) is 2.88. The van der Waals surface area contributed by atoms with Crippen molar-refractivity contribution in [2.75, 3.05) is 25.5 Å². The first-order valence-corrected chi connectivity index (χ1v) is 8.83. The van der Waals surface area contributed by atoms with E-state index in [1.54, 1.807) is 18.2 Å². The number of amides is 1. The van der Waals surface area contributed by atoms with Crippen molar-refractivity contribution in [2.24, 2.45) is 0 Å². The Morgan fingerprint density at radius 3 is 2.91 bits per heavy atom. The number of ether oxygens (including phenoxy) is 1. The number of fused-ring (bicyclic) bond motifs is 1. The maximum Gasteiger partial charge on any atom is 0.420 e. The lowest BCUT2D eigenvalue weighted by molar-refractivity contribution is -0.121. The van der Waals surface area contributed by atoms with E-state index in [1.165, 1.54) is 4.57 Å². The molecule has 1 aliphatic rings. The zero-order chi connectivity index (χ0) is 16.1. The number of oxazole rings is 1. The zero-order valence-electron chi connectivity index (χ0n) is 12.8. The summed E-state index contributed by atoms with van der Waals surface area (Å²) in [5.74, 6) is 0.196. The Balaban J connectivity index is 1.47. The predicted molar refractivity (Wildman–Crippen MR) is 89.8 cm³/mol. The van der Waals surface area contributed by atoms with Gasteiger partial charge < -0.3 is 14.5 Å². The van der Waals surface area contributed by atoms with Gasteiger partial charge in [-0.3, -0.25) is 9.36 Å². The molecule has 0 saturated carbocycles. The number of nitrogens with one attached hydrogen (secondary N) is 1. The fourth-order valence-corrected chi connectivity index (χ4v) is 3.70. The topological polar surface area (TPSA) is 73.5 Å². The Labute approximate surface area is 138 Å². The molecular formula is C16H20N2O4S. The molecule has 0 spiro atoms. The van der Waals surface area contributed by atoms with E-state index < -0.39 is 5.76 Å². The monoisotopic (exact) mass is 336 g/mol. The van der Waals surface area contributed by atoms with Crippen molar-refractivity contribution in [3.8, 4) is 0 Å². The van der Waals surface area contributed by atoms with E-state index in [1.807, 2.05) is 17.8 Å². The zero-order valence-corrected chi connectivity index (χ0v) is 13.6. The van der Waals surface area contributed by atoms with Gasteiger partial charge in [-0.15, -0.1) is 0 Å². The van der Waals surface area contributed by atoms with Crippen LogP contribution in [0.1, 0.15) is 12.8 Å². The standard InChI is InChI=1S/C16H20N2O4S/c19-15(17-7-10-23-12-5-8-21-9-6-12)11-18-13-3-1-2-4-14(13)22-16(18)20/h1-4,12H,5-11H2,(H,17,19). The first-order chi connectivity index (χ1) is 11.2. The predicted octanol–water partition coefficient (Wildman–Crippen LogP) is 1.62. The summed E-state index contributed by atoms with van der Waals surface area (Å²) in [4.78, 5) is 23.8. The quantitative estimate of drug-likeness (QED) is 0.812. The van der Waals surface area contributed by atoms with Crippen LogP contribution >= 0.6 is 11.8 Å². The molecule has 0 aliphatic carbocycles. The van der Waals surface area contributed by atoms with Gasteiger partial charge in [0.2, 0.25) is 5.91 Å². The van der Waals surface area contributed by atoms with Gasteiger partial charge in [-0.2, -0.15) is 11.8 Å². The summed E-state index contributed by atoms with van der Waals surface area (Å²) in [6.07, 6.45) is 2.16. The van der Waals surface area contributed by atoms with Crippen LogP contribution in [-0.4, -0.2) is 41.2 Å². The van der Waals surface area contributed by atoms with Gasteiger partial charge in [0, 0.05) is 30.8 Å². The Morgan fingerprint density at radius 2 is 2.09 bits per heavy atom. The van der Waals surface area contributed by atoms with Crippen molar-refractivity contribution in [1.82, 2.24) is 9.88 Å². The second-order valence-electron chi connectivity index (χ2n) is 5.45. The van der Waals surface area contributed by atoms with Crippen molar-refractivity contribution < 1.29 is 13.9 Å². The van der Waals surface area contributed by atoms with Gasteiger partial charge in [0.15, 0.2) is 5.58 Å². The van der Waals surface area contributed by atoms with Crippen LogP contribution in [0.15, 0.2) is 33.5 Å². The maximum atomic E-state index is 12.0. The minimum absolute atomic E-state index is 0.0161. The number of carbonyl (C=O) groups is 1. The molecule has 7 heteroatoms. The van der Waals surface area contributed by atoms with Gasteiger partial charge in [0.25, 0.3) is 0 Å². The number of aromatic nitrogens is 1. The number of nitrogens with zero attached hydrogens (tertiary/aromatic N) is 1. The van der Waals surface area contributed by atoms with Gasteiger partial charge in [-0.25, -0.2) is 4.79 Å². The molecule has 0 bridgehead atoms. The van der Waals surface area contributed by atoms with Gasteiger partial charge in [-0.05, 0) is 25.0 Å². The van der Waals surface area contributed by atoms with Gasteiger partial charge >= 0.3 is 5.76 Å². The van der Waals surface area contributed by atoms with E-state index in [0.29, 0.717) is 22.9 Å². The van der Waals surface area contributed by atoms with Crippen molar-refractivity contribution in [3.63, 3.8) is 0 Å². The Bertz CT molecular complexity index is 718. The summed E-state index contributed by atoms with van der Waals surface area (Å²) in [5, 5.41) is 3.49. The number of benzene rings is 1. The molecule has 1 saturated heterocycles. The second kappa shape index (κ2) is 7.70. The lowest BCUT2D eigenvalue weighted by atomic mass is 10.2. The molecule has 1 aromatic carbocycles. The highest BCUT2D eigenvalue weighted by Crippen LogP contribution is 2.21. The van der Waals surface area contributed by atoms with Crippen LogP contribution in [0.25, 0.3) is 11.1 Å². The summed E-state index contributed by atoms with van der Waals surface area (Å²) in [6.45, 7) is 2.25. The lowest BCUT2D eigenvalue weighted by Crippen LogP contribution is -2.32. The van der Waals surface area contributed by atoms with Crippen molar-refractivity contribution in [1.29, 1.82) is 0 Å². The number of carbonyl (C=O) groups excluding carboxylic acids is 1. The fourth-order valence-electron chi connectivity index (χ4n) is 2.62. The minimum atomic E-state index is -0.502. The van der Waals surface area contributed by atoms with E-state index >= 15 is 0 Å². The van der Waals surface area contributed by atoms with E-state index in [9.17, 15) is 9.59 Å². The Morgan fingerprint density at radius 1 is 1.30 bits per heavy atom. The summed E-state index contributed by atoms with van der Waals surface area (Å²) in [7, 11) is 0. The van der Waals surface area contributed by atoms with Crippen molar-refractivity contribution in [2.45, 2.75) is 24.6 Å². The smallest absolute Gasteiger partial charge is 0.408 e. The molecule has 124 valence electrons. The molecule has 1 fully saturated rings. The van der Waals surface area contributed by atoms with Crippen LogP contribution < -0.4 is 11.1 Å². The molecule has 2 heterocycles. The molecule has 1 aromatic heterocycles. The minimum Gasteiger partial charge on any atom is -0.408 e. The first kappa shape index (κ1) is 16.1. The van der Waals surface area contributed by atoms with Crippen LogP contribution in [0.5, 0.6) is 0 Å². The van der Waals surface area contributed by atoms with Crippen molar-refractivity contribution in [3.05, 3.63) is 34.8 Å². The van der Waals surface area contributed by atoms with Crippen LogP contribution in [0.2, 0.25) is 0 Å². The molecule has 1 N–H and O–H groups in total. The largest absolute Gasteiger partial charge is 0.420 e. The number of thioether (sulfide) groups is 1. The third-order valence-electron chi connectivity index (χ3n) is 3.82. The highest BCUT2D eigenvalue weighted by Gasteiger charge is 2.14. The fraction of sp³-hybridized carbons (Fsp3) is 0.500. The maximum absolute atomic E-state index is 12.0. The van der Waals surface area contributed by atoms with E-state index in [-0.39, 0.29) is 12.5 Å². The normalized spacial score (nSPS) is 15.8. The number of para-hydroxylation sites is 2. The molecule has 1 aliphatic heterocycles. The molecule has 0 atom stereocenters. The van der Waals surface area contributed by atoms with E-state index in [2.05, 4.69) is 5.32 Å². The molecule has 0 radical (unpaired) electrons. The van der Waals surface area contributed by atoms with Crippen LogP contribution in [-0.2, 0) is 16.1 Å². The number of rotatable bonds is 6. The van der Waals surface area contributed by atoms with Crippen LogP contribution in [0.3, 0.4) is 0 Å². The number of hydrogen-bond donors (Lipinski definition) is 1. The van der Waals surface area contributed by atoms with Crippen molar-refractivity contribution >= 4 is 28.8 Å². The van der Waals surface area contributed by atoms with Gasteiger partial charge in [-0.1, -0.05) is 12.1 Å². The van der Waals surface area contributed by atoms with Crippen LogP contribution in [0.4, 0.5) is 0 Å². The second-order valence-corrected chi connectivity index (χ2v) is 6.86. The molecule has 2 aromatic rings. The van der Waals surface area contributed by atoms with Crippen LogP contribution in [0, 0.1) is 0 Å². The van der Waals surface area contributed by atoms with E-state index in [4.69, 9.17) is 9.15 Å². The third kappa shape index (κ3) is 4.17. The third-order valence-corrected chi connectivity index (χ3v) is 5.20. The van der Waals surface area contributed by atoms with E-state index in [0.717, 1.165) is 31.8 Å².